The molecule has 2 nitrogen and oxygen atoms in total. The van der Waals surface area contributed by atoms with Gasteiger partial charge < -0.3 is 4.90 Å². The van der Waals surface area contributed by atoms with Gasteiger partial charge >= 0.3 is 0 Å². The quantitative estimate of drug-likeness (QED) is 0.756. The first-order chi connectivity index (χ1) is 8.13. The molecule has 1 aromatic carbocycles. The van der Waals surface area contributed by atoms with Gasteiger partial charge in [-0.15, -0.1) is 0 Å². The summed E-state index contributed by atoms with van der Waals surface area (Å²) in [6.45, 7) is 4.23. The van der Waals surface area contributed by atoms with Gasteiger partial charge in [-0.1, -0.05) is 41.9 Å². The molecule has 0 radical (unpaired) electrons. The summed E-state index contributed by atoms with van der Waals surface area (Å²) < 4.78 is 0. The van der Waals surface area contributed by atoms with Crippen molar-refractivity contribution < 1.29 is 4.79 Å². The number of carbonyl (C=O) groups excluding carboxylic acids is 1. The van der Waals surface area contributed by atoms with E-state index < -0.39 is 0 Å². The van der Waals surface area contributed by atoms with Crippen LogP contribution in [0, 0.1) is 0 Å². The van der Waals surface area contributed by atoms with Gasteiger partial charge in [0, 0.05) is 24.0 Å². The Morgan fingerprint density at radius 1 is 1.24 bits per heavy atom. The molecule has 1 aromatic rings. The van der Waals surface area contributed by atoms with E-state index in [-0.39, 0.29) is 5.91 Å². The van der Waals surface area contributed by atoms with Crippen LogP contribution in [0.5, 0.6) is 0 Å². The van der Waals surface area contributed by atoms with Gasteiger partial charge in [0.25, 0.3) is 5.91 Å². The largest absolute Gasteiger partial charge is 0.339 e. The molecule has 0 aromatic heterocycles. The maximum absolute atomic E-state index is 12.2. The Morgan fingerprint density at radius 3 is 2.18 bits per heavy atom. The van der Waals surface area contributed by atoms with Crippen molar-refractivity contribution >= 4 is 21.8 Å². The molecule has 0 aliphatic carbocycles. The molecule has 0 saturated carbocycles. The molecule has 0 spiro atoms. The fraction of sp³-hybridized carbons (Fsp3) is 0.500. The Morgan fingerprint density at radius 2 is 1.76 bits per heavy atom. The van der Waals surface area contributed by atoms with Crippen LogP contribution >= 0.6 is 15.9 Å². The first kappa shape index (κ1) is 14.2. The normalized spacial score (nSPS) is 10.6. The van der Waals surface area contributed by atoms with Gasteiger partial charge in [-0.05, 0) is 30.5 Å². The number of rotatable bonds is 5. The third-order valence-electron chi connectivity index (χ3n) is 3.17. The van der Waals surface area contributed by atoms with Crippen LogP contribution in [0.15, 0.2) is 24.3 Å². The number of carbonyl (C=O) groups is 1. The Labute approximate surface area is 112 Å². The minimum absolute atomic E-state index is 0.111. The van der Waals surface area contributed by atoms with Gasteiger partial charge in [0.15, 0.2) is 0 Å². The zero-order chi connectivity index (χ0) is 12.8. The molecule has 3 heteroatoms. The molecule has 1 rings (SSSR count). The second kappa shape index (κ2) is 6.80. The summed E-state index contributed by atoms with van der Waals surface area (Å²) in [4.78, 5) is 14.1. The van der Waals surface area contributed by atoms with Crippen LogP contribution in [0.4, 0.5) is 0 Å². The standard InChI is InChI=1S/C14H20BrNO/c1-4-13(5-2)16(3)14(17)12-8-6-11(10-15)7-9-12/h6-9,13H,4-5,10H2,1-3H3. The van der Waals surface area contributed by atoms with Crippen molar-refractivity contribution in [1.29, 1.82) is 0 Å². The minimum atomic E-state index is 0.111. The molecule has 94 valence electrons. The summed E-state index contributed by atoms with van der Waals surface area (Å²) in [5.74, 6) is 0.111. The molecule has 0 unspecified atom stereocenters. The van der Waals surface area contributed by atoms with Gasteiger partial charge in [0.05, 0.1) is 0 Å². The molecule has 17 heavy (non-hydrogen) atoms. The number of hydrogen-bond donors (Lipinski definition) is 0. The van der Waals surface area contributed by atoms with Crippen LogP contribution in [0.2, 0.25) is 0 Å². The summed E-state index contributed by atoms with van der Waals surface area (Å²) in [7, 11) is 1.89. The van der Waals surface area contributed by atoms with Gasteiger partial charge in [-0.25, -0.2) is 0 Å². The zero-order valence-electron chi connectivity index (χ0n) is 10.7. The van der Waals surface area contributed by atoms with Crippen molar-refractivity contribution in [3.8, 4) is 0 Å². The summed E-state index contributed by atoms with van der Waals surface area (Å²) in [5.41, 5.74) is 1.95. The van der Waals surface area contributed by atoms with Crippen molar-refractivity contribution in [2.75, 3.05) is 7.05 Å². The molecule has 0 saturated heterocycles. The van der Waals surface area contributed by atoms with Crippen molar-refractivity contribution in [3.05, 3.63) is 35.4 Å². The number of hydrogen-bond acceptors (Lipinski definition) is 1. The molecule has 0 bridgehead atoms. The molecular weight excluding hydrogens is 278 g/mol. The van der Waals surface area contributed by atoms with E-state index in [1.807, 2.05) is 36.2 Å². The third kappa shape index (κ3) is 3.56. The summed E-state index contributed by atoms with van der Waals surface area (Å²) in [5, 5.41) is 0.823. The fourth-order valence-corrected chi connectivity index (χ4v) is 2.32. The maximum atomic E-state index is 12.2. The summed E-state index contributed by atoms with van der Waals surface area (Å²) in [6, 6.07) is 8.11. The molecule has 1 amide bonds. The van der Waals surface area contributed by atoms with E-state index >= 15 is 0 Å². The van der Waals surface area contributed by atoms with Crippen LogP contribution in [0.25, 0.3) is 0 Å². The van der Waals surface area contributed by atoms with E-state index in [4.69, 9.17) is 0 Å². The van der Waals surface area contributed by atoms with Crippen LogP contribution < -0.4 is 0 Å². The predicted octanol–water partition coefficient (Wildman–Crippen LogP) is 3.84. The highest BCUT2D eigenvalue weighted by Crippen LogP contribution is 2.13. The molecule has 0 aliphatic rings. The summed E-state index contributed by atoms with van der Waals surface area (Å²) in [6.07, 6.45) is 2.00. The van der Waals surface area contributed by atoms with E-state index in [2.05, 4.69) is 29.8 Å². The minimum Gasteiger partial charge on any atom is -0.339 e. The number of nitrogens with zero attached hydrogens (tertiary/aromatic N) is 1. The Bertz CT molecular complexity index is 357. The van der Waals surface area contributed by atoms with Crippen LogP contribution in [-0.2, 0) is 5.33 Å². The Kier molecular flexibility index (Phi) is 5.69. The topological polar surface area (TPSA) is 20.3 Å². The SMILES string of the molecule is CCC(CC)N(C)C(=O)c1ccc(CBr)cc1. The van der Waals surface area contributed by atoms with Crippen LogP contribution in [0.1, 0.15) is 42.6 Å². The molecule has 0 fully saturated rings. The molecule has 0 heterocycles. The number of amides is 1. The van der Waals surface area contributed by atoms with Crippen LogP contribution in [0.3, 0.4) is 0 Å². The molecule has 0 atom stereocenters. The Hall–Kier alpha value is -0.830. The van der Waals surface area contributed by atoms with Crippen molar-refractivity contribution in [1.82, 2.24) is 4.90 Å². The molecular formula is C14H20BrNO. The average Bonchev–Trinajstić information content (AvgIpc) is 2.39. The monoisotopic (exact) mass is 297 g/mol. The van der Waals surface area contributed by atoms with Crippen molar-refractivity contribution in [2.24, 2.45) is 0 Å². The van der Waals surface area contributed by atoms with E-state index in [0.717, 1.165) is 23.7 Å². The lowest BCUT2D eigenvalue weighted by molar-refractivity contribution is 0.0723. The first-order valence-corrected chi connectivity index (χ1v) is 7.18. The van der Waals surface area contributed by atoms with Gasteiger partial charge in [-0.2, -0.15) is 0 Å². The number of alkyl halides is 1. The highest BCUT2D eigenvalue weighted by molar-refractivity contribution is 9.08. The van der Waals surface area contributed by atoms with E-state index in [0.29, 0.717) is 6.04 Å². The second-order valence-corrected chi connectivity index (χ2v) is 4.78. The second-order valence-electron chi connectivity index (χ2n) is 4.22. The smallest absolute Gasteiger partial charge is 0.253 e. The van der Waals surface area contributed by atoms with E-state index in [1.54, 1.807) is 0 Å². The number of halogens is 1. The lowest BCUT2D eigenvalue weighted by Gasteiger charge is -2.26. The summed E-state index contributed by atoms with van der Waals surface area (Å²) >= 11 is 3.40. The van der Waals surface area contributed by atoms with Gasteiger partial charge in [-0.3, -0.25) is 4.79 Å². The van der Waals surface area contributed by atoms with Gasteiger partial charge in [0.2, 0.25) is 0 Å². The maximum Gasteiger partial charge on any atom is 0.253 e. The lowest BCUT2D eigenvalue weighted by atomic mass is 10.1. The lowest BCUT2D eigenvalue weighted by Crippen LogP contribution is -2.36. The zero-order valence-corrected chi connectivity index (χ0v) is 12.3. The highest BCUT2D eigenvalue weighted by Gasteiger charge is 2.17. The van der Waals surface area contributed by atoms with Crippen molar-refractivity contribution in [2.45, 2.75) is 38.1 Å². The van der Waals surface area contributed by atoms with Crippen LogP contribution in [-0.4, -0.2) is 23.9 Å². The first-order valence-electron chi connectivity index (χ1n) is 6.06. The van der Waals surface area contributed by atoms with E-state index in [9.17, 15) is 4.79 Å². The third-order valence-corrected chi connectivity index (χ3v) is 3.81. The van der Waals surface area contributed by atoms with Crippen molar-refractivity contribution in [3.63, 3.8) is 0 Å². The Balaban J connectivity index is 2.80. The van der Waals surface area contributed by atoms with E-state index in [1.165, 1.54) is 5.56 Å². The van der Waals surface area contributed by atoms with Gasteiger partial charge in [0.1, 0.15) is 0 Å². The fourth-order valence-electron chi connectivity index (χ4n) is 1.94. The molecule has 0 aliphatic heterocycles. The average molecular weight is 298 g/mol. The predicted molar refractivity (Wildman–Crippen MR) is 75.5 cm³/mol. The number of benzene rings is 1. The molecule has 0 N–H and O–H groups in total. The highest BCUT2D eigenvalue weighted by atomic mass is 79.9.